The molecule has 0 saturated heterocycles. The monoisotopic (exact) mass is 553 g/mol. The minimum absolute atomic E-state index is 0. The van der Waals surface area contributed by atoms with E-state index in [0.29, 0.717) is 12.8 Å². The summed E-state index contributed by atoms with van der Waals surface area (Å²) in [5.41, 5.74) is 0. The molecule has 0 spiro atoms. The van der Waals surface area contributed by atoms with Gasteiger partial charge in [-0.15, -0.1) is 6.58 Å². The van der Waals surface area contributed by atoms with Crippen LogP contribution in [0.15, 0.2) is 24.8 Å². The van der Waals surface area contributed by atoms with E-state index in [0.717, 1.165) is 32.1 Å². The molecule has 0 aromatic rings. The zero-order chi connectivity index (χ0) is 24.8. The molecule has 1 radical (unpaired) electrons. The summed E-state index contributed by atoms with van der Waals surface area (Å²) in [6, 6.07) is 0. The second-order valence-electron chi connectivity index (χ2n) is 9.07. The Kier molecular flexibility index (Phi) is 46.2. The predicted octanol–water partition coefficient (Wildman–Crippen LogP) is 8.84. The third kappa shape index (κ3) is 47.7. The summed E-state index contributed by atoms with van der Waals surface area (Å²) in [5, 5.41) is 16.9. The van der Waals surface area contributed by atoms with Crippen molar-refractivity contribution in [3.63, 3.8) is 0 Å². The molecule has 0 amide bonds. The molecule has 0 bridgehead atoms. The number of hydrogen-bond donors (Lipinski definition) is 2. The molecule has 0 saturated carbocycles. The van der Waals surface area contributed by atoms with Crippen molar-refractivity contribution in [2.24, 2.45) is 0 Å². The van der Waals surface area contributed by atoms with E-state index in [1.54, 1.807) is 0 Å². The average molecular weight is 554 g/mol. The van der Waals surface area contributed by atoms with Gasteiger partial charge in [-0.05, 0) is 51.4 Å². The van der Waals surface area contributed by atoms with Gasteiger partial charge in [0.1, 0.15) is 0 Å². The van der Waals surface area contributed by atoms with Gasteiger partial charge in [0.05, 0.1) is 0 Å². The predicted molar refractivity (Wildman–Crippen MR) is 149 cm³/mol. The van der Waals surface area contributed by atoms with Crippen molar-refractivity contribution in [3.05, 3.63) is 24.8 Å². The molecule has 0 aromatic carbocycles. The van der Waals surface area contributed by atoms with Gasteiger partial charge in [0, 0.05) is 29.9 Å². The van der Waals surface area contributed by atoms with Crippen LogP contribution < -0.4 is 0 Å². The van der Waals surface area contributed by atoms with Gasteiger partial charge in [-0.25, -0.2) is 0 Å². The fourth-order valence-electron chi connectivity index (χ4n) is 3.62. The molecule has 2 N–H and O–H groups in total. The van der Waals surface area contributed by atoms with Crippen LogP contribution in [-0.4, -0.2) is 51.7 Å². The summed E-state index contributed by atoms with van der Waals surface area (Å²) in [7, 11) is 0. The Hall–Kier alpha value is -0.0605. The molecule has 0 atom stereocenters. The number of aliphatic carboxylic acids is 2. The standard InChI is InChI=1S/C18H34O2.C11H20O2.Cu.Na.H/c1-2-3-4-5-6-7-8-9-10-11-12-13-14-15-16-17-18(19)20;1-2-3-4-5-6-7-8-9-10-11(12)13;;;/h9-10H,2-8,11-17H2,1H3,(H,19,20);2H,1,3-10H2,(H,12,13);;;/b10-9-;;;;. The SMILES string of the molecule is C=CCCCCCCCCC(=O)O.CCCCCCCC/C=C\CCCCCCCC(=O)O.[Cu].[NaH]. The molecule has 0 aliphatic heterocycles. The molecule has 6 heteroatoms. The zero-order valence-corrected chi connectivity index (χ0v) is 22.9. The average Bonchev–Trinajstić information content (AvgIpc) is 2.78. The molecule has 0 fully saturated rings. The number of carboxylic acid groups (broad SMARTS) is 2. The van der Waals surface area contributed by atoms with E-state index >= 15 is 0 Å². The van der Waals surface area contributed by atoms with Crippen LogP contribution >= 0.6 is 0 Å². The van der Waals surface area contributed by atoms with Crippen molar-refractivity contribution < 1.29 is 36.9 Å². The number of rotatable bonds is 24. The molecular weight excluding hydrogens is 499 g/mol. The first kappa shape index (κ1) is 42.0. The van der Waals surface area contributed by atoms with Gasteiger partial charge in [-0.3, -0.25) is 9.59 Å². The number of carbonyl (C=O) groups is 2. The summed E-state index contributed by atoms with van der Waals surface area (Å²) >= 11 is 0. The second-order valence-corrected chi connectivity index (χ2v) is 9.07. The Morgan fingerprint density at radius 1 is 0.571 bits per heavy atom. The number of carboxylic acids is 2. The van der Waals surface area contributed by atoms with Crippen molar-refractivity contribution in [1.29, 1.82) is 0 Å². The van der Waals surface area contributed by atoms with E-state index in [2.05, 4.69) is 25.7 Å². The van der Waals surface area contributed by atoms with Crippen molar-refractivity contribution in [1.82, 2.24) is 0 Å². The molecule has 0 heterocycles. The summed E-state index contributed by atoms with van der Waals surface area (Å²) in [4.78, 5) is 20.5. The van der Waals surface area contributed by atoms with Crippen LogP contribution in [0.5, 0.6) is 0 Å². The second kappa shape index (κ2) is 38.5. The van der Waals surface area contributed by atoms with Gasteiger partial charge in [0.25, 0.3) is 0 Å². The quantitative estimate of drug-likeness (QED) is 0.0711. The van der Waals surface area contributed by atoms with Gasteiger partial charge < -0.3 is 10.2 Å². The van der Waals surface area contributed by atoms with Crippen molar-refractivity contribution in [2.45, 2.75) is 148 Å². The maximum atomic E-state index is 10.3. The Morgan fingerprint density at radius 3 is 1.23 bits per heavy atom. The van der Waals surface area contributed by atoms with Gasteiger partial charge in [0.15, 0.2) is 0 Å². The molecular formula is C29H55CuNaO4. The first-order valence-corrected chi connectivity index (χ1v) is 13.7. The Morgan fingerprint density at radius 2 is 0.886 bits per heavy atom. The molecule has 35 heavy (non-hydrogen) atoms. The van der Waals surface area contributed by atoms with Crippen LogP contribution in [0.2, 0.25) is 0 Å². The summed E-state index contributed by atoms with van der Waals surface area (Å²) in [6.45, 7) is 5.92. The maximum absolute atomic E-state index is 10.3. The molecule has 0 aliphatic rings. The molecule has 4 nitrogen and oxygen atoms in total. The van der Waals surface area contributed by atoms with E-state index in [1.807, 2.05) is 6.08 Å². The normalized spacial score (nSPS) is 10.1. The van der Waals surface area contributed by atoms with Gasteiger partial charge >= 0.3 is 41.5 Å². The van der Waals surface area contributed by atoms with E-state index < -0.39 is 11.9 Å². The van der Waals surface area contributed by atoms with Crippen molar-refractivity contribution in [3.8, 4) is 0 Å². The number of unbranched alkanes of at least 4 members (excludes halogenated alkanes) is 17. The Balaban J connectivity index is -0.000000281. The van der Waals surface area contributed by atoms with Crippen LogP contribution in [0, 0.1) is 0 Å². The minimum atomic E-state index is -0.674. The van der Waals surface area contributed by atoms with Crippen LogP contribution in [0.1, 0.15) is 148 Å². The van der Waals surface area contributed by atoms with E-state index in [4.69, 9.17) is 10.2 Å². The third-order valence-corrected chi connectivity index (χ3v) is 5.70. The molecule has 0 aromatic heterocycles. The van der Waals surface area contributed by atoms with Gasteiger partial charge in [-0.1, -0.05) is 102 Å². The van der Waals surface area contributed by atoms with E-state index in [1.165, 1.54) is 96.3 Å². The van der Waals surface area contributed by atoms with Crippen LogP contribution in [-0.2, 0) is 26.7 Å². The third-order valence-electron chi connectivity index (χ3n) is 5.70. The summed E-state index contributed by atoms with van der Waals surface area (Å²) in [5.74, 6) is -1.34. The van der Waals surface area contributed by atoms with E-state index in [9.17, 15) is 9.59 Å². The molecule has 0 rings (SSSR count). The Bertz CT molecular complexity index is 470. The Labute approximate surface area is 250 Å². The number of allylic oxidation sites excluding steroid dienone is 3. The first-order valence-electron chi connectivity index (χ1n) is 13.7. The van der Waals surface area contributed by atoms with E-state index in [-0.39, 0.29) is 46.6 Å². The van der Waals surface area contributed by atoms with Crippen LogP contribution in [0.25, 0.3) is 0 Å². The number of hydrogen-bond acceptors (Lipinski definition) is 2. The van der Waals surface area contributed by atoms with Crippen molar-refractivity contribution in [2.75, 3.05) is 0 Å². The van der Waals surface area contributed by atoms with Crippen LogP contribution in [0.3, 0.4) is 0 Å². The molecule has 207 valence electrons. The summed E-state index contributed by atoms with van der Waals surface area (Å²) < 4.78 is 0. The van der Waals surface area contributed by atoms with Gasteiger partial charge in [-0.2, -0.15) is 0 Å². The van der Waals surface area contributed by atoms with Gasteiger partial charge in [0.2, 0.25) is 0 Å². The zero-order valence-electron chi connectivity index (χ0n) is 22.0. The molecule has 0 aliphatic carbocycles. The first-order chi connectivity index (χ1) is 16.0. The van der Waals surface area contributed by atoms with Crippen molar-refractivity contribution >= 4 is 41.5 Å². The topological polar surface area (TPSA) is 74.6 Å². The molecule has 0 unspecified atom stereocenters. The summed E-state index contributed by atoms with van der Waals surface area (Å²) in [6.07, 6.45) is 31.4. The fraction of sp³-hybridized carbons (Fsp3) is 0.793. The fourth-order valence-corrected chi connectivity index (χ4v) is 3.62. The van der Waals surface area contributed by atoms with Crippen LogP contribution in [0.4, 0.5) is 0 Å².